The smallest absolute Gasteiger partial charge is 0.188 e. The summed E-state index contributed by atoms with van der Waals surface area (Å²) in [6.07, 6.45) is 0. The molecule has 4 nitrogen and oxygen atoms in total. The van der Waals surface area contributed by atoms with Crippen molar-refractivity contribution in [1.29, 1.82) is 0 Å². The van der Waals surface area contributed by atoms with Gasteiger partial charge in [0.2, 0.25) is 0 Å². The Labute approximate surface area is 125 Å². The van der Waals surface area contributed by atoms with Gasteiger partial charge < -0.3 is 16.0 Å². The monoisotopic (exact) mass is 298 g/mol. The fourth-order valence-electron chi connectivity index (χ4n) is 1.91. The molecular formula is C15H24F2N4. The number of nitrogens with zero attached hydrogens (tertiary/aromatic N) is 2. The number of nitrogens with two attached hydrogens (primary N) is 1. The third kappa shape index (κ3) is 5.30. The van der Waals surface area contributed by atoms with E-state index in [0.29, 0.717) is 12.5 Å². The second kappa shape index (κ2) is 7.93. The molecule has 0 aliphatic carbocycles. The maximum absolute atomic E-state index is 13.9. The lowest BCUT2D eigenvalue weighted by atomic mass is 10.0. The van der Waals surface area contributed by atoms with Crippen LogP contribution in [0.5, 0.6) is 0 Å². The first-order chi connectivity index (χ1) is 9.82. The molecular weight excluding hydrogens is 274 g/mol. The quantitative estimate of drug-likeness (QED) is 0.625. The Kier molecular flexibility index (Phi) is 6.55. The lowest BCUT2D eigenvalue weighted by Gasteiger charge is -2.26. The van der Waals surface area contributed by atoms with E-state index in [0.717, 1.165) is 0 Å². The maximum Gasteiger partial charge on any atom is 0.188 e. The van der Waals surface area contributed by atoms with Crippen molar-refractivity contribution in [2.45, 2.75) is 19.9 Å². The number of hydrogen-bond donors (Lipinski definition) is 2. The van der Waals surface area contributed by atoms with Gasteiger partial charge in [0.1, 0.15) is 11.6 Å². The van der Waals surface area contributed by atoms with Gasteiger partial charge in [-0.3, -0.25) is 4.99 Å². The molecule has 0 aliphatic rings. The molecule has 1 unspecified atom stereocenters. The molecule has 0 aliphatic heterocycles. The van der Waals surface area contributed by atoms with E-state index in [1.54, 1.807) is 19.0 Å². The number of rotatable bonds is 6. The van der Waals surface area contributed by atoms with Crippen LogP contribution in [-0.2, 0) is 0 Å². The van der Waals surface area contributed by atoms with Crippen LogP contribution in [0.3, 0.4) is 0 Å². The molecule has 0 bridgehead atoms. The Balaban J connectivity index is 2.82. The van der Waals surface area contributed by atoms with Gasteiger partial charge in [0, 0.05) is 18.7 Å². The zero-order chi connectivity index (χ0) is 16.0. The van der Waals surface area contributed by atoms with Crippen molar-refractivity contribution in [3.05, 3.63) is 35.4 Å². The number of benzene rings is 1. The van der Waals surface area contributed by atoms with Crippen LogP contribution in [-0.4, -0.2) is 38.0 Å². The Bertz CT molecular complexity index is 466. The van der Waals surface area contributed by atoms with Gasteiger partial charge >= 0.3 is 0 Å². The molecule has 0 spiro atoms. The Morgan fingerprint density at radius 1 is 1.29 bits per heavy atom. The van der Waals surface area contributed by atoms with E-state index in [1.165, 1.54) is 18.2 Å². The molecule has 0 amide bonds. The minimum atomic E-state index is -0.562. The summed E-state index contributed by atoms with van der Waals surface area (Å²) in [6.45, 7) is 4.96. The lowest BCUT2D eigenvalue weighted by molar-refractivity contribution is 0.283. The predicted molar refractivity (Wildman–Crippen MR) is 82.1 cm³/mol. The summed E-state index contributed by atoms with van der Waals surface area (Å²) in [5.74, 6) is -0.437. The number of halogens is 2. The Hall–Kier alpha value is -1.69. The van der Waals surface area contributed by atoms with Crippen molar-refractivity contribution in [3.63, 3.8) is 0 Å². The van der Waals surface area contributed by atoms with Crippen LogP contribution in [0.1, 0.15) is 25.5 Å². The minimum absolute atomic E-state index is 0.0339. The fraction of sp³-hybridized carbons (Fsp3) is 0.533. The molecule has 0 radical (unpaired) electrons. The number of guanidine groups is 1. The van der Waals surface area contributed by atoms with Gasteiger partial charge in [-0.1, -0.05) is 19.9 Å². The van der Waals surface area contributed by atoms with Gasteiger partial charge in [-0.05, 0) is 32.1 Å². The molecule has 118 valence electrons. The van der Waals surface area contributed by atoms with Crippen LogP contribution >= 0.6 is 0 Å². The summed E-state index contributed by atoms with van der Waals surface area (Å²) in [5, 5.41) is 2.93. The average molecular weight is 298 g/mol. The van der Waals surface area contributed by atoms with Crippen LogP contribution in [0.25, 0.3) is 0 Å². The molecule has 3 N–H and O–H groups in total. The van der Waals surface area contributed by atoms with Crippen molar-refractivity contribution in [3.8, 4) is 0 Å². The van der Waals surface area contributed by atoms with E-state index < -0.39 is 17.7 Å². The zero-order valence-electron chi connectivity index (χ0n) is 13.0. The first kappa shape index (κ1) is 17.4. The van der Waals surface area contributed by atoms with E-state index in [1.807, 2.05) is 13.8 Å². The first-order valence-corrected chi connectivity index (χ1v) is 6.97. The summed E-state index contributed by atoms with van der Waals surface area (Å²) < 4.78 is 27.8. The number of likely N-dealkylation sites (N-methyl/N-ethyl adjacent to an activating group) is 1. The van der Waals surface area contributed by atoms with Crippen LogP contribution in [0.4, 0.5) is 8.78 Å². The van der Waals surface area contributed by atoms with Gasteiger partial charge in [0.25, 0.3) is 0 Å². The summed E-state index contributed by atoms with van der Waals surface area (Å²) in [4.78, 5) is 5.91. The van der Waals surface area contributed by atoms with Crippen molar-refractivity contribution >= 4 is 5.96 Å². The molecule has 21 heavy (non-hydrogen) atoms. The third-order valence-electron chi connectivity index (χ3n) is 3.06. The first-order valence-electron chi connectivity index (χ1n) is 6.97. The molecule has 0 saturated carbocycles. The van der Waals surface area contributed by atoms with Crippen molar-refractivity contribution < 1.29 is 8.78 Å². The van der Waals surface area contributed by atoms with Crippen molar-refractivity contribution in [2.24, 2.45) is 16.6 Å². The molecule has 1 aromatic rings. The van der Waals surface area contributed by atoms with E-state index in [4.69, 9.17) is 5.73 Å². The molecule has 0 heterocycles. The van der Waals surface area contributed by atoms with E-state index in [-0.39, 0.29) is 18.1 Å². The topological polar surface area (TPSA) is 53.6 Å². The number of aliphatic imine (C=N–C) groups is 1. The average Bonchev–Trinajstić information content (AvgIpc) is 2.39. The normalized spacial score (nSPS) is 13.8. The van der Waals surface area contributed by atoms with Crippen LogP contribution in [0, 0.1) is 17.6 Å². The highest BCUT2D eigenvalue weighted by molar-refractivity contribution is 5.77. The summed E-state index contributed by atoms with van der Waals surface area (Å²) in [5.41, 5.74) is 5.79. The summed E-state index contributed by atoms with van der Waals surface area (Å²) in [6, 6.07) is 3.39. The van der Waals surface area contributed by atoms with Crippen molar-refractivity contribution in [1.82, 2.24) is 10.2 Å². The summed E-state index contributed by atoms with van der Waals surface area (Å²) >= 11 is 0. The SMILES string of the molecule is CC(C)CN=C(N)NCC(c1c(F)cccc1F)N(C)C. The Morgan fingerprint density at radius 2 is 1.86 bits per heavy atom. The van der Waals surface area contributed by atoms with Gasteiger partial charge in [-0.2, -0.15) is 0 Å². The molecule has 1 aromatic carbocycles. The van der Waals surface area contributed by atoms with Gasteiger partial charge in [0.05, 0.1) is 6.04 Å². The molecule has 1 atom stereocenters. The largest absolute Gasteiger partial charge is 0.370 e. The standard InChI is InChI=1S/C15H24F2N4/c1-10(2)8-19-15(18)20-9-13(21(3)4)14-11(16)6-5-7-12(14)17/h5-7,10,13H,8-9H2,1-4H3,(H3,18,19,20). The predicted octanol–water partition coefficient (Wildman–Crippen LogP) is 2.13. The minimum Gasteiger partial charge on any atom is -0.370 e. The second-order valence-electron chi connectivity index (χ2n) is 5.62. The van der Waals surface area contributed by atoms with Crippen molar-refractivity contribution in [2.75, 3.05) is 27.2 Å². The van der Waals surface area contributed by atoms with Gasteiger partial charge in [-0.25, -0.2) is 8.78 Å². The summed E-state index contributed by atoms with van der Waals surface area (Å²) in [7, 11) is 3.53. The zero-order valence-corrected chi connectivity index (χ0v) is 13.0. The van der Waals surface area contributed by atoms with Gasteiger partial charge in [-0.15, -0.1) is 0 Å². The van der Waals surface area contributed by atoms with Crippen LogP contribution < -0.4 is 11.1 Å². The van der Waals surface area contributed by atoms with Crippen LogP contribution in [0.2, 0.25) is 0 Å². The van der Waals surface area contributed by atoms with Gasteiger partial charge in [0.15, 0.2) is 5.96 Å². The molecule has 0 aromatic heterocycles. The molecule has 0 fully saturated rings. The maximum atomic E-state index is 13.9. The number of nitrogens with one attached hydrogen (secondary N) is 1. The molecule has 0 saturated heterocycles. The highest BCUT2D eigenvalue weighted by atomic mass is 19.1. The molecule has 1 rings (SSSR count). The Morgan fingerprint density at radius 3 is 2.33 bits per heavy atom. The lowest BCUT2D eigenvalue weighted by Crippen LogP contribution is -2.39. The highest BCUT2D eigenvalue weighted by Crippen LogP contribution is 2.23. The second-order valence-corrected chi connectivity index (χ2v) is 5.62. The number of hydrogen-bond acceptors (Lipinski definition) is 2. The van der Waals surface area contributed by atoms with E-state index in [2.05, 4.69) is 10.3 Å². The molecule has 6 heteroatoms. The van der Waals surface area contributed by atoms with Crippen LogP contribution in [0.15, 0.2) is 23.2 Å². The van der Waals surface area contributed by atoms with E-state index >= 15 is 0 Å². The highest BCUT2D eigenvalue weighted by Gasteiger charge is 2.22. The van der Waals surface area contributed by atoms with E-state index in [9.17, 15) is 8.78 Å². The third-order valence-corrected chi connectivity index (χ3v) is 3.06. The fourth-order valence-corrected chi connectivity index (χ4v) is 1.91.